The second-order valence-electron chi connectivity index (χ2n) is 5.20. The van der Waals surface area contributed by atoms with Crippen LogP contribution in [0.15, 0.2) is 42.5 Å². The van der Waals surface area contributed by atoms with Gasteiger partial charge in [0.05, 0.1) is 13.7 Å². The number of rotatable bonds is 7. The van der Waals surface area contributed by atoms with Crippen LogP contribution in [0.4, 0.5) is 4.39 Å². The van der Waals surface area contributed by atoms with E-state index in [0.29, 0.717) is 12.1 Å². The van der Waals surface area contributed by atoms with Crippen molar-refractivity contribution in [2.45, 2.75) is 26.1 Å². The lowest BCUT2D eigenvalue weighted by atomic mass is 10.1. The zero-order valence-electron chi connectivity index (χ0n) is 13.2. The van der Waals surface area contributed by atoms with Crippen molar-refractivity contribution in [3.8, 4) is 5.75 Å². The van der Waals surface area contributed by atoms with Gasteiger partial charge in [-0.25, -0.2) is 4.39 Å². The number of methoxy groups -OCH3 is 2. The zero-order valence-corrected chi connectivity index (χ0v) is 13.2. The van der Waals surface area contributed by atoms with E-state index in [4.69, 9.17) is 9.47 Å². The van der Waals surface area contributed by atoms with Crippen molar-refractivity contribution in [1.29, 1.82) is 0 Å². The van der Waals surface area contributed by atoms with Gasteiger partial charge >= 0.3 is 0 Å². The Hall–Kier alpha value is -1.91. The maximum Gasteiger partial charge on any atom is 0.128 e. The Morgan fingerprint density at radius 1 is 1.14 bits per heavy atom. The summed E-state index contributed by atoms with van der Waals surface area (Å²) in [6.07, 6.45) is 0. The highest BCUT2D eigenvalue weighted by molar-refractivity contribution is 5.35. The summed E-state index contributed by atoms with van der Waals surface area (Å²) in [5.41, 5.74) is 2.70. The minimum atomic E-state index is -0.233. The molecule has 0 bridgehead atoms. The molecule has 2 aromatic rings. The molecule has 0 saturated heterocycles. The molecular weight excluding hydrogens is 281 g/mol. The highest BCUT2D eigenvalue weighted by Gasteiger charge is 2.11. The van der Waals surface area contributed by atoms with Gasteiger partial charge in [-0.3, -0.25) is 0 Å². The second kappa shape index (κ2) is 7.92. The lowest BCUT2D eigenvalue weighted by Gasteiger charge is -2.17. The first-order chi connectivity index (χ1) is 10.7. The van der Waals surface area contributed by atoms with Crippen molar-refractivity contribution < 1.29 is 13.9 Å². The maximum atomic E-state index is 13.6. The number of hydrogen-bond acceptors (Lipinski definition) is 3. The van der Waals surface area contributed by atoms with Gasteiger partial charge in [-0.15, -0.1) is 0 Å². The third kappa shape index (κ3) is 4.06. The topological polar surface area (TPSA) is 30.5 Å². The average Bonchev–Trinajstić information content (AvgIpc) is 2.55. The molecule has 0 saturated carbocycles. The first-order valence-electron chi connectivity index (χ1n) is 7.28. The van der Waals surface area contributed by atoms with Crippen LogP contribution in [0.25, 0.3) is 0 Å². The van der Waals surface area contributed by atoms with Crippen LogP contribution in [0.1, 0.15) is 29.7 Å². The van der Waals surface area contributed by atoms with E-state index >= 15 is 0 Å². The smallest absolute Gasteiger partial charge is 0.128 e. The van der Waals surface area contributed by atoms with E-state index in [9.17, 15) is 4.39 Å². The summed E-state index contributed by atoms with van der Waals surface area (Å²) in [7, 11) is 3.23. The molecule has 0 aromatic heterocycles. The van der Waals surface area contributed by atoms with Crippen LogP contribution in [0.3, 0.4) is 0 Å². The molecule has 0 amide bonds. The van der Waals surface area contributed by atoms with E-state index in [1.165, 1.54) is 6.07 Å². The van der Waals surface area contributed by atoms with Gasteiger partial charge in [0.25, 0.3) is 0 Å². The second-order valence-corrected chi connectivity index (χ2v) is 5.20. The SMILES string of the molecule is COCc1cc(CN[C@@H](C)c2ccccc2OC)ccc1F. The van der Waals surface area contributed by atoms with Crippen molar-refractivity contribution in [3.63, 3.8) is 0 Å². The fourth-order valence-electron chi connectivity index (χ4n) is 2.41. The van der Waals surface area contributed by atoms with Crippen molar-refractivity contribution in [1.82, 2.24) is 5.32 Å². The van der Waals surface area contributed by atoms with Crippen LogP contribution >= 0.6 is 0 Å². The summed E-state index contributed by atoms with van der Waals surface area (Å²) < 4.78 is 24.0. The molecule has 0 unspecified atom stereocenters. The van der Waals surface area contributed by atoms with E-state index < -0.39 is 0 Å². The van der Waals surface area contributed by atoms with E-state index in [1.54, 1.807) is 20.3 Å². The summed E-state index contributed by atoms with van der Waals surface area (Å²) in [4.78, 5) is 0. The Morgan fingerprint density at radius 2 is 1.91 bits per heavy atom. The number of nitrogens with one attached hydrogen (secondary N) is 1. The minimum Gasteiger partial charge on any atom is -0.496 e. The predicted octanol–water partition coefficient (Wildman–Crippen LogP) is 3.83. The maximum absolute atomic E-state index is 13.6. The molecule has 0 spiro atoms. The van der Waals surface area contributed by atoms with Crippen molar-refractivity contribution in [3.05, 3.63) is 65.0 Å². The standard InChI is InChI=1S/C18H22FNO2/c1-13(16-6-4-5-7-18(16)22-3)20-11-14-8-9-17(19)15(10-14)12-21-2/h4-10,13,20H,11-12H2,1-3H3/t13-/m0/s1. The van der Waals surface area contributed by atoms with Gasteiger partial charge in [0.2, 0.25) is 0 Å². The lowest BCUT2D eigenvalue weighted by Crippen LogP contribution is -2.19. The molecule has 0 heterocycles. The van der Waals surface area contributed by atoms with Gasteiger partial charge < -0.3 is 14.8 Å². The van der Waals surface area contributed by atoms with Gasteiger partial charge in [0, 0.05) is 30.8 Å². The van der Waals surface area contributed by atoms with Gasteiger partial charge in [-0.2, -0.15) is 0 Å². The monoisotopic (exact) mass is 303 g/mol. The first kappa shape index (κ1) is 16.5. The Bertz CT molecular complexity index is 616. The molecule has 0 radical (unpaired) electrons. The number of halogens is 1. The number of hydrogen-bond donors (Lipinski definition) is 1. The predicted molar refractivity (Wildman–Crippen MR) is 85.4 cm³/mol. The molecule has 2 rings (SSSR count). The van der Waals surface area contributed by atoms with E-state index in [2.05, 4.69) is 12.2 Å². The molecule has 3 nitrogen and oxygen atoms in total. The summed E-state index contributed by atoms with van der Waals surface area (Å²) >= 11 is 0. The largest absolute Gasteiger partial charge is 0.496 e. The highest BCUT2D eigenvalue weighted by Crippen LogP contribution is 2.24. The van der Waals surface area contributed by atoms with Crippen molar-refractivity contribution >= 4 is 0 Å². The van der Waals surface area contributed by atoms with Crippen LogP contribution in [-0.2, 0) is 17.9 Å². The summed E-state index contributed by atoms with van der Waals surface area (Å²) in [5, 5.41) is 3.44. The summed E-state index contributed by atoms with van der Waals surface area (Å²) in [5.74, 6) is 0.630. The fourth-order valence-corrected chi connectivity index (χ4v) is 2.41. The molecule has 0 aliphatic carbocycles. The Balaban J connectivity index is 2.04. The fraction of sp³-hybridized carbons (Fsp3) is 0.333. The average molecular weight is 303 g/mol. The van der Waals surface area contributed by atoms with Gasteiger partial charge in [-0.05, 0) is 30.7 Å². The Morgan fingerprint density at radius 3 is 2.64 bits per heavy atom. The van der Waals surface area contributed by atoms with E-state index in [0.717, 1.165) is 16.9 Å². The quantitative estimate of drug-likeness (QED) is 0.843. The molecule has 0 aliphatic rings. The van der Waals surface area contributed by atoms with Crippen LogP contribution in [0, 0.1) is 5.82 Å². The van der Waals surface area contributed by atoms with E-state index in [-0.39, 0.29) is 18.5 Å². The van der Waals surface area contributed by atoms with Crippen molar-refractivity contribution in [2.75, 3.05) is 14.2 Å². The van der Waals surface area contributed by atoms with Crippen molar-refractivity contribution in [2.24, 2.45) is 0 Å². The molecule has 2 aromatic carbocycles. The first-order valence-corrected chi connectivity index (χ1v) is 7.28. The van der Waals surface area contributed by atoms with Crippen LogP contribution < -0.4 is 10.1 Å². The van der Waals surface area contributed by atoms with Gasteiger partial charge in [0.15, 0.2) is 0 Å². The zero-order chi connectivity index (χ0) is 15.9. The molecule has 1 N–H and O–H groups in total. The van der Waals surface area contributed by atoms with E-state index in [1.807, 2.05) is 30.3 Å². The lowest BCUT2D eigenvalue weighted by molar-refractivity contribution is 0.181. The van der Waals surface area contributed by atoms with Crippen LogP contribution in [-0.4, -0.2) is 14.2 Å². The minimum absolute atomic E-state index is 0.132. The molecule has 22 heavy (non-hydrogen) atoms. The highest BCUT2D eigenvalue weighted by atomic mass is 19.1. The van der Waals surface area contributed by atoms with Crippen LogP contribution in [0.2, 0.25) is 0 Å². The number of ether oxygens (including phenoxy) is 2. The van der Waals surface area contributed by atoms with Gasteiger partial charge in [-0.1, -0.05) is 24.3 Å². The van der Waals surface area contributed by atoms with Gasteiger partial charge in [0.1, 0.15) is 11.6 Å². The normalized spacial score (nSPS) is 12.2. The van der Waals surface area contributed by atoms with Crippen LogP contribution in [0.5, 0.6) is 5.75 Å². The third-order valence-electron chi connectivity index (χ3n) is 3.63. The molecule has 118 valence electrons. The Labute approximate surface area is 131 Å². The Kier molecular flexibility index (Phi) is 5.92. The molecule has 4 heteroatoms. The molecule has 0 fully saturated rings. The molecule has 1 atom stereocenters. The summed E-state index contributed by atoms with van der Waals surface area (Å²) in [6, 6.07) is 13.2. The number of benzene rings is 2. The third-order valence-corrected chi connectivity index (χ3v) is 3.63. The molecule has 0 aliphatic heterocycles. The number of para-hydroxylation sites is 1. The summed E-state index contributed by atoms with van der Waals surface area (Å²) in [6.45, 7) is 3.01. The molecular formula is C18H22FNO2.